The van der Waals surface area contributed by atoms with Gasteiger partial charge in [0, 0.05) is 4.47 Å². The Kier molecular flexibility index (Phi) is 6.06. The number of rotatable bonds is 2. The van der Waals surface area contributed by atoms with Gasteiger partial charge in [0.25, 0.3) is 5.91 Å². The standard InChI is InChI=1S/C14H8BrCl3N2OS/c15-8-4-2-1-3-7(8)13(21)20-14(22)19-12-6-10(17)9(16)5-11(12)18/h1-6H,(H2,19,20,21,22). The summed E-state index contributed by atoms with van der Waals surface area (Å²) in [6.45, 7) is 0. The smallest absolute Gasteiger partial charge is 0.258 e. The second kappa shape index (κ2) is 7.62. The molecule has 2 rings (SSSR count). The highest BCUT2D eigenvalue weighted by molar-refractivity contribution is 9.10. The van der Waals surface area contributed by atoms with Gasteiger partial charge in [0.2, 0.25) is 0 Å². The maximum absolute atomic E-state index is 12.1. The van der Waals surface area contributed by atoms with E-state index in [-0.39, 0.29) is 11.0 Å². The first-order valence-electron chi connectivity index (χ1n) is 5.90. The van der Waals surface area contributed by atoms with Gasteiger partial charge in [-0.2, -0.15) is 0 Å². The molecule has 2 aromatic carbocycles. The predicted molar refractivity (Wildman–Crippen MR) is 99.3 cm³/mol. The van der Waals surface area contributed by atoms with E-state index in [1.54, 1.807) is 18.2 Å². The lowest BCUT2D eigenvalue weighted by Gasteiger charge is -2.12. The average Bonchev–Trinajstić information content (AvgIpc) is 2.45. The zero-order valence-electron chi connectivity index (χ0n) is 10.8. The Morgan fingerprint density at radius 1 is 1.05 bits per heavy atom. The van der Waals surface area contributed by atoms with Gasteiger partial charge >= 0.3 is 0 Å². The molecule has 114 valence electrons. The summed E-state index contributed by atoms with van der Waals surface area (Å²) in [4.78, 5) is 12.1. The van der Waals surface area contributed by atoms with Crippen LogP contribution in [0.25, 0.3) is 0 Å². The minimum atomic E-state index is -0.346. The van der Waals surface area contributed by atoms with Crippen LogP contribution in [0.15, 0.2) is 40.9 Å². The van der Waals surface area contributed by atoms with Crippen molar-refractivity contribution in [3.8, 4) is 0 Å². The van der Waals surface area contributed by atoms with Gasteiger partial charge in [-0.05, 0) is 52.4 Å². The van der Waals surface area contributed by atoms with Gasteiger partial charge in [0.05, 0.1) is 26.3 Å². The molecule has 0 saturated carbocycles. The summed E-state index contributed by atoms with van der Waals surface area (Å²) in [5, 5.41) is 6.47. The van der Waals surface area contributed by atoms with E-state index in [0.717, 1.165) is 0 Å². The quantitative estimate of drug-likeness (QED) is 0.478. The van der Waals surface area contributed by atoms with Crippen LogP contribution >= 0.6 is 63.0 Å². The van der Waals surface area contributed by atoms with Crippen LogP contribution in [0.5, 0.6) is 0 Å². The van der Waals surface area contributed by atoms with Crippen LogP contribution in [0.3, 0.4) is 0 Å². The first-order valence-corrected chi connectivity index (χ1v) is 8.23. The molecule has 8 heteroatoms. The van der Waals surface area contributed by atoms with Crippen molar-refractivity contribution in [3.05, 3.63) is 61.5 Å². The second-order valence-corrected chi connectivity index (χ2v) is 6.62. The Morgan fingerprint density at radius 3 is 2.36 bits per heavy atom. The van der Waals surface area contributed by atoms with Crippen molar-refractivity contribution in [1.29, 1.82) is 0 Å². The number of benzene rings is 2. The molecular weight excluding hydrogens is 430 g/mol. The fourth-order valence-electron chi connectivity index (χ4n) is 1.59. The van der Waals surface area contributed by atoms with Crippen LogP contribution < -0.4 is 10.6 Å². The summed E-state index contributed by atoms with van der Waals surface area (Å²) < 4.78 is 0.669. The van der Waals surface area contributed by atoms with Crippen molar-refractivity contribution in [1.82, 2.24) is 5.32 Å². The number of anilines is 1. The number of hydrogen-bond acceptors (Lipinski definition) is 2. The molecule has 0 aliphatic carbocycles. The first-order chi connectivity index (χ1) is 10.4. The van der Waals surface area contributed by atoms with Crippen LogP contribution in [0.4, 0.5) is 5.69 Å². The van der Waals surface area contributed by atoms with Crippen molar-refractivity contribution < 1.29 is 4.79 Å². The lowest BCUT2D eigenvalue weighted by Crippen LogP contribution is -2.34. The van der Waals surface area contributed by atoms with E-state index < -0.39 is 0 Å². The zero-order chi connectivity index (χ0) is 16.3. The van der Waals surface area contributed by atoms with Crippen molar-refractivity contribution in [2.24, 2.45) is 0 Å². The summed E-state index contributed by atoms with van der Waals surface area (Å²) in [5.41, 5.74) is 0.917. The lowest BCUT2D eigenvalue weighted by molar-refractivity contribution is 0.0977. The number of amides is 1. The molecule has 0 bridgehead atoms. The van der Waals surface area contributed by atoms with Gasteiger partial charge in [-0.1, -0.05) is 46.9 Å². The molecule has 22 heavy (non-hydrogen) atoms. The highest BCUT2D eigenvalue weighted by Crippen LogP contribution is 2.32. The van der Waals surface area contributed by atoms with Gasteiger partial charge in [0.1, 0.15) is 0 Å². The van der Waals surface area contributed by atoms with E-state index >= 15 is 0 Å². The number of thiocarbonyl (C=S) groups is 1. The Morgan fingerprint density at radius 2 is 1.68 bits per heavy atom. The Balaban J connectivity index is 2.09. The molecule has 3 nitrogen and oxygen atoms in total. The minimum absolute atomic E-state index is 0.0982. The number of hydrogen-bond donors (Lipinski definition) is 2. The van der Waals surface area contributed by atoms with E-state index in [9.17, 15) is 4.79 Å². The topological polar surface area (TPSA) is 41.1 Å². The summed E-state index contributed by atoms with van der Waals surface area (Å²) in [6.07, 6.45) is 0. The molecule has 0 saturated heterocycles. The fourth-order valence-corrected chi connectivity index (χ4v) is 2.85. The lowest BCUT2D eigenvalue weighted by atomic mass is 10.2. The van der Waals surface area contributed by atoms with Crippen molar-refractivity contribution in [2.75, 3.05) is 5.32 Å². The maximum atomic E-state index is 12.1. The Labute approximate surface area is 156 Å². The number of carbonyl (C=O) groups is 1. The van der Waals surface area contributed by atoms with Crippen LogP contribution in [0.2, 0.25) is 15.1 Å². The normalized spacial score (nSPS) is 10.2. The largest absolute Gasteiger partial charge is 0.331 e. The maximum Gasteiger partial charge on any atom is 0.258 e. The number of halogens is 4. The van der Waals surface area contributed by atoms with Gasteiger partial charge in [0.15, 0.2) is 5.11 Å². The highest BCUT2D eigenvalue weighted by atomic mass is 79.9. The van der Waals surface area contributed by atoms with E-state index in [1.807, 2.05) is 6.07 Å². The van der Waals surface area contributed by atoms with Crippen LogP contribution in [0, 0.1) is 0 Å². The third kappa shape index (κ3) is 4.33. The second-order valence-electron chi connectivity index (χ2n) is 4.13. The van der Waals surface area contributed by atoms with Gasteiger partial charge < -0.3 is 5.32 Å². The molecule has 2 aromatic rings. The molecule has 0 aromatic heterocycles. The van der Waals surface area contributed by atoms with Crippen molar-refractivity contribution in [3.63, 3.8) is 0 Å². The molecule has 0 aliphatic heterocycles. The van der Waals surface area contributed by atoms with E-state index in [2.05, 4.69) is 26.6 Å². The van der Waals surface area contributed by atoms with Crippen LogP contribution in [-0.2, 0) is 0 Å². The molecule has 0 heterocycles. The van der Waals surface area contributed by atoms with Crippen molar-refractivity contribution >= 4 is 79.7 Å². The van der Waals surface area contributed by atoms with Gasteiger partial charge in [-0.3, -0.25) is 10.1 Å². The molecule has 0 radical (unpaired) electrons. The molecule has 0 spiro atoms. The molecule has 0 aliphatic rings. The summed E-state index contributed by atoms with van der Waals surface area (Å²) in [6, 6.07) is 10.0. The fraction of sp³-hybridized carbons (Fsp3) is 0. The SMILES string of the molecule is O=C(NC(=S)Nc1cc(Cl)c(Cl)cc1Cl)c1ccccc1Br. The molecule has 1 amide bonds. The third-order valence-electron chi connectivity index (χ3n) is 2.60. The molecular formula is C14H8BrCl3N2OS. The molecule has 0 unspecified atom stereocenters. The number of nitrogens with one attached hydrogen (secondary N) is 2. The molecule has 2 N–H and O–H groups in total. The summed E-state index contributed by atoms with van der Waals surface area (Å²) in [7, 11) is 0. The van der Waals surface area contributed by atoms with Gasteiger partial charge in [-0.25, -0.2) is 0 Å². The van der Waals surface area contributed by atoms with E-state index in [0.29, 0.717) is 30.8 Å². The minimum Gasteiger partial charge on any atom is -0.331 e. The summed E-state index contributed by atoms with van der Waals surface area (Å²) >= 11 is 26.2. The first kappa shape index (κ1) is 17.5. The molecule has 0 fully saturated rings. The van der Waals surface area contributed by atoms with Crippen LogP contribution in [-0.4, -0.2) is 11.0 Å². The molecule has 0 atom stereocenters. The third-order valence-corrected chi connectivity index (χ3v) is 4.53. The Bertz CT molecular complexity index is 755. The summed E-state index contributed by atoms with van der Waals surface area (Å²) in [5.74, 6) is -0.346. The van der Waals surface area contributed by atoms with Gasteiger partial charge in [-0.15, -0.1) is 0 Å². The Hall–Kier alpha value is -0.850. The van der Waals surface area contributed by atoms with E-state index in [4.69, 9.17) is 47.0 Å². The monoisotopic (exact) mass is 436 g/mol. The van der Waals surface area contributed by atoms with E-state index in [1.165, 1.54) is 12.1 Å². The highest BCUT2D eigenvalue weighted by Gasteiger charge is 2.12. The zero-order valence-corrected chi connectivity index (χ0v) is 15.5. The van der Waals surface area contributed by atoms with Crippen LogP contribution in [0.1, 0.15) is 10.4 Å². The van der Waals surface area contributed by atoms with Crippen molar-refractivity contribution in [2.45, 2.75) is 0 Å². The number of carbonyl (C=O) groups excluding carboxylic acids is 1. The average molecular weight is 439 g/mol. The predicted octanol–water partition coefficient (Wildman–Crippen LogP) is 5.54.